The first-order valence-corrected chi connectivity index (χ1v) is 8.98. The van der Waals surface area contributed by atoms with Crippen molar-refractivity contribution in [2.24, 2.45) is 0 Å². The Bertz CT molecular complexity index is 929. The number of halogens is 4. The second-order valence-corrected chi connectivity index (χ2v) is 7.03. The lowest BCUT2D eigenvalue weighted by Gasteiger charge is -2.38. The molecule has 9 heteroatoms. The maximum atomic E-state index is 12.9. The van der Waals surface area contributed by atoms with Gasteiger partial charge in [-0.25, -0.2) is 0 Å². The fourth-order valence-electron chi connectivity index (χ4n) is 3.09. The zero-order chi connectivity index (χ0) is 20.5. The normalized spacial score (nSPS) is 20.2. The second-order valence-electron chi connectivity index (χ2n) is 6.62. The molecule has 1 amide bonds. The molecule has 0 N–H and O–H groups in total. The van der Waals surface area contributed by atoms with E-state index in [0.717, 1.165) is 16.2 Å². The Labute approximate surface area is 164 Å². The minimum atomic E-state index is -4.60. The molecule has 0 bridgehead atoms. The van der Waals surface area contributed by atoms with Crippen molar-refractivity contribution in [3.63, 3.8) is 0 Å². The number of alkyl halides is 3. The molecule has 0 radical (unpaired) electrons. The van der Waals surface area contributed by atoms with E-state index in [1.165, 1.54) is 4.90 Å². The Morgan fingerprint density at radius 3 is 2.64 bits per heavy atom. The van der Waals surface area contributed by atoms with Crippen LogP contribution in [-0.2, 0) is 22.3 Å². The molecule has 5 nitrogen and oxygen atoms in total. The molecule has 2 unspecified atom stereocenters. The summed E-state index contributed by atoms with van der Waals surface area (Å²) < 4.78 is 45.2. The van der Waals surface area contributed by atoms with Crippen LogP contribution in [0, 0.1) is 0 Å². The van der Waals surface area contributed by atoms with E-state index >= 15 is 0 Å². The summed E-state index contributed by atoms with van der Waals surface area (Å²) >= 11 is 6.20. The predicted molar refractivity (Wildman–Crippen MR) is 97.0 cm³/mol. The Balaban J connectivity index is 1.80. The number of ether oxygens (including phenoxy) is 1. The molecule has 2 aromatic rings. The number of carbonyl (C=O) groups is 1. The van der Waals surface area contributed by atoms with Gasteiger partial charge in [-0.05, 0) is 19.1 Å². The number of amides is 1. The van der Waals surface area contributed by atoms with Crippen LogP contribution in [0.4, 0.5) is 13.2 Å². The third-order valence-corrected chi connectivity index (χ3v) is 4.97. The maximum absolute atomic E-state index is 12.9. The van der Waals surface area contributed by atoms with Crippen LogP contribution < -0.4 is 5.56 Å². The van der Waals surface area contributed by atoms with Crippen LogP contribution in [0.5, 0.6) is 0 Å². The molecule has 150 valence electrons. The summed E-state index contributed by atoms with van der Waals surface area (Å²) in [5.74, 6) is -0.464. The number of benzene rings is 1. The van der Waals surface area contributed by atoms with Crippen molar-refractivity contribution >= 4 is 17.5 Å². The first-order chi connectivity index (χ1) is 13.2. The van der Waals surface area contributed by atoms with E-state index < -0.39 is 35.9 Å². The van der Waals surface area contributed by atoms with Gasteiger partial charge in [-0.15, -0.1) is 0 Å². The average molecular weight is 415 g/mol. The maximum Gasteiger partial charge on any atom is 0.417 e. The van der Waals surface area contributed by atoms with Gasteiger partial charge in [0.25, 0.3) is 5.56 Å². The number of nitrogens with zero attached hydrogens (tertiary/aromatic N) is 2. The van der Waals surface area contributed by atoms with E-state index in [1.807, 2.05) is 0 Å². The standard InChI is InChI=1S/C19H18ClF3N2O3/c1-12-11-28-16(14-4-2-3-5-15(14)20)9-25(12)18(27)10-24-8-13(19(21,22)23)6-7-17(24)26/h2-8,12,16H,9-11H2,1H3. The summed E-state index contributed by atoms with van der Waals surface area (Å²) in [6.45, 7) is 1.73. The van der Waals surface area contributed by atoms with Gasteiger partial charge in [0.2, 0.25) is 5.91 Å². The second kappa shape index (κ2) is 7.97. The highest BCUT2D eigenvalue weighted by molar-refractivity contribution is 6.31. The van der Waals surface area contributed by atoms with E-state index in [1.54, 1.807) is 31.2 Å². The molecular formula is C19H18ClF3N2O3. The SMILES string of the molecule is CC1COC(c2ccccc2Cl)CN1C(=O)Cn1cc(C(F)(F)F)ccc1=O. The number of morpholine rings is 1. The van der Waals surface area contributed by atoms with Crippen molar-refractivity contribution in [2.75, 3.05) is 13.2 Å². The van der Waals surface area contributed by atoms with Gasteiger partial charge in [-0.3, -0.25) is 9.59 Å². The molecule has 28 heavy (non-hydrogen) atoms. The van der Waals surface area contributed by atoms with E-state index in [0.29, 0.717) is 17.3 Å². The minimum absolute atomic E-state index is 0.192. The van der Waals surface area contributed by atoms with E-state index in [9.17, 15) is 22.8 Å². The van der Waals surface area contributed by atoms with Crippen molar-refractivity contribution in [3.05, 3.63) is 69.1 Å². The molecule has 2 atom stereocenters. The van der Waals surface area contributed by atoms with Crippen molar-refractivity contribution in [2.45, 2.75) is 31.8 Å². The van der Waals surface area contributed by atoms with Gasteiger partial charge >= 0.3 is 6.18 Å². The van der Waals surface area contributed by atoms with Crippen LogP contribution in [0.1, 0.15) is 24.2 Å². The van der Waals surface area contributed by atoms with E-state index in [4.69, 9.17) is 16.3 Å². The van der Waals surface area contributed by atoms with Crippen LogP contribution in [0.3, 0.4) is 0 Å². The van der Waals surface area contributed by atoms with Crippen molar-refractivity contribution < 1.29 is 22.7 Å². The summed E-state index contributed by atoms with van der Waals surface area (Å²) in [5, 5.41) is 0.503. The van der Waals surface area contributed by atoms with Crippen LogP contribution >= 0.6 is 11.6 Å². The Kier molecular flexibility index (Phi) is 5.81. The van der Waals surface area contributed by atoms with E-state index in [2.05, 4.69) is 0 Å². The molecule has 0 spiro atoms. The zero-order valence-electron chi connectivity index (χ0n) is 14.9. The molecule has 1 aliphatic heterocycles. The third kappa shape index (κ3) is 4.39. The van der Waals surface area contributed by atoms with Gasteiger partial charge in [0, 0.05) is 22.8 Å². The van der Waals surface area contributed by atoms with Crippen molar-refractivity contribution in [3.8, 4) is 0 Å². The molecule has 3 rings (SSSR count). The van der Waals surface area contributed by atoms with Crippen molar-refractivity contribution in [1.29, 1.82) is 0 Å². The summed E-state index contributed by atoms with van der Waals surface area (Å²) in [6.07, 6.45) is -4.39. The quantitative estimate of drug-likeness (QED) is 0.772. The van der Waals surface area contributed by atoms with Crippen LogP contribution in [0.25, 0.3) is 0 Å². The topological polar surface area (TPSA) is 51.5 Å². The van der Waals surface area contributed by atoms with Gasteiger partial charge in [-0.2, -0.15) is 13.2 Å². The van der Waals surface area contributed by atoms with Gasteiger partial charge in [0.05, 0.1) is 24.8 Å². The van der Waals surface area contributed by atoms with Crippen molar-refractivity contribution in [1.82, 2.24) is 9.47 Å². The predicted octanol–water partition coefficient (Wildman–Crippen LogP) is 3.51. The van der Waals surface area contributed by atoms with Crippen LogP contribution in [0.2, 0.25) is 5.02 Å². The number of carbonyl (C=O) groups excluding carboxylic acids is 1. The molecule has 0 saturated carbocycles. The lowest BCUT2D eigenvalue weighted by Crippen LogP contribution is -2.50. The van der Waals surface area contributed by atoms with Gasteiger partial charge in [0.1, 0.15) is 12.6 Å². The Morgan fingerprint density at radius 2 is 1.96 bits per heavy atom. The van der Waals surface area contributed by atoms with Crippen LogP contribution in [-0.4, -0.2) is 34.6 Å². The lowest BCUT2D eigenvalue weighted by atomic mass is 10.1. The lowest BCUT2D eigenvalue weighted by molar-refractivity contribution is -0.145. The molecule has 2 heterocycles. The molecule has 0 aliphatic carbocycles. The number of rotatable bonds is 3. The molecular weight excluding hydrogens is 397 g/mol. The molecule has 1 fully saturated rings. The van der Waals surface area contributed by atoms with Gasteiger partial charge in [-0.1, -0.05) is 29.8 Å². The summed E-state index contributed by atoms with van der Waals surface area (Å²) in [7, 11) is 0. The van der Waals surface area contributed by atoms with E-state index in [-0.39, 0.29) is 19.2 Å². The number of hydrogen-bond acceptors (Lipinski definition) is 3. The zero-order valence-corrected chi connectivity index (χ0v) is 15.7. The fourth-order valence-corrected chi connectivity index (χ4v) is 3.35. The first-order valence-electron chi connectivity index (χ1n) is 8.60. The highest BCUT2D eigenvalue weighted by Gasteiger charge is 2.33. The summed E-state index contributed by atoms with van der Waals surface area (Å²) in [5.41, 5.74) is -0.932. The molecule has 1 saturated heterocycles. The number of hydrogen-bond donors (Lipinski definition) is 0. The monoisotopic (exact) mass is 414 g/mol. The fraction of sp³-hybridized carbons (Fsp3) is 0.368. The Morgan fingerprint density at radius 1 is 1.25 bits per heavy atom. The number of aromatic nitrogens is 1. The Hall–Kier alpha value is -2.32. The smallest absolute Gasteiger partial charge is 0.369 e. The summed E-state index contributed by atoms with van der Waals surface area (Å²) in [6, 6.07) is 8.32. The molecule has 1 aromatic heterocycles. The van der Waals surface area contributed by atoms with Crippen LogP contribution in [0.15, 0.2) is 47.4 Å². The summed E-state index contributed by atoms with van der Waals surface area (Å²) in [4.78, 5) is 26.2. The highest BCUT2D eigenvalue weighted by atomic mass is 35.5. The molecule has 1 aliphatic rings. The number of pyridine rings is 1. The largest absolute Gasteiger partial charge is 0.417 e. The van der Waals surface area contributed by atoms with Gasteiger partial charge in [0.15, 0.2) is 0 Å². The van der Waals surface area contributed by atoms with Gasteiger partial charge < -0.3 is 14.2 Å². The first kappa shape index (κ1) is 20.4. The highest BCUT2D eigenvalue weighted by Crippen LogP contribution is 2.30. The third-order valence-electron chi connectivity index (χ3n) is 4.62. The average Bonchev–Trinajstić information content (AvgIpc) is 2.63. The minimum Gasteiger partial charge on any atom is -0.369 e. The molecule has 1 aromatic carbocycles.